The van der Waals surface area contributed by atoms with Crippen LogP contribution in [0.2, 0.25) is 0 Å². The number of amides is 1. The van der Waals surface area contributed by atoms with Crippen LogP contribution < -0.4 is 5.32 Å². The Hall–Kier alpha value is -2.30. The highest BCUT2D eigenvalue weighted by atomic mass is 16.6. The van der Waals surface area contributed by atoms with Crippen molar-refractivity contribution in [2.45, 2.75) is 46.3 Å². The molecule has 0 bridgehead atoms. The number of nitrogens with zero attached hydrogens (tertiary/aromatic N) is 2. The van der Waals surface area contributed by atoms with E-state index in [4.69, 9.17) is 4.74 Å². The third-order valence-electron chi connectivity index (χ3n) is 3.23. The minimum atomic E-state index is -0.493. The predicted octanol–water partition coefficient (Wildman–Crippen LogP) is 3.77. The highest BCUT2D eigenvalue weighted by Crippen LogP contribution is 2.17. The van der Waals surface area contributed by atoms with Crippen molar-refractivity contribution >= 4 is 6.09 Å². The molecule has 0 spiro atoms. The van der Waals surface area contributed by atoms with Crippen LogP contribution in [0.5, 0.6) is 0 Å². The summed E-state index contributed by atoms with van der Waals surface area (Å²) in [5.41, 5.74) is 1.57. The zero-order valence-electron chi connectivity index (χ0n) is 13.8. The average Bonchev–Trinajstić information content (AvgIpc) is 2.83. The van der Waals surface area contributed by atoms with E-state index in [0.29, 0.717) is 0 Å². The van der Waals surface area contributed by atoms with E-state index >= 15 is 0 Å². The highest BCUT2D eigenvalue weighted by molar-refractivity contribution is 5.68. The van der Waals surface area contributed by atoms with E-state index in [1.54, 1.807) is 6.20 Å². The van der Waals surface area contributed by atoms with Crippen molar-refractivity contribution in [2.24, 2.45) is 0 Å². The minimum Gasteiger partial charge on any atom is -0.444 e. The highest BCUT2D eigenvalue weighted by Gasteiger charge is 2.18. The number of aryl methyl sites for hydroxylation is 1. The predicted molar refractivity (Wildman–Crippen MR) is 86.1 cm³/mol. The molecular weight excluding hydrogens is 278 g/mol. The Balaban J connectivity index is 2.04. The summed E-state index contributed by atoms with van der Waals surface area (Å²) in [6.45, 7) is 9.43. The lowest BCUT2D eigenvalue weighted by atomic mass is 10.1. The molecule has 2 aromatic rings. The summed E-state index contributed by atoms with van der Waals surface area (Å²) < 4.78 is 7.28. The summed E-state index contributed by atoms with van der Waals surface area (Å²) in [5.74, 6) is 0.938. The van der Waals surface area contributed by atoms with E-state index in [1.165, 1.54) is 0 Å². The van der Waals surface area contributed by atoms with Crippen LogP contribution in [-0.4, -0.2) is 21.2 Å². The molecule has 5 heteroatoms. The topological polar surface area (TPSA) is 56.2 Å². The molecule has 0 aliphatic rings. The third-order valence-corrected chi connectivity index (χ3v) is 3.23. The lowest BCUT2D eigenvalue weighted by Gasteiger charge is -2.22. The van der Waals surface area contributed by atoms with Crippen molar-refractivity contribution in [3.8, 4) is 5.69 Å². The number of carbonyl (C=O) groups is 1. The van der Waals surface area contributed by atoms with Crippen molar-refractivity contribution in [2.75, 3.05) is 0 Å². The van der Waals surface area contributed by atoms with Gasteiger partial charge in [-0.15, -0.1) is 0 Å². The molecule has 1 heterocycles. The molecule has 0 radical (unpaired) electrons. The van der Waals surface area contributed by atoms with Gasteiger partial charge in [0.15, 0.2) is 0 Å². The molecule has 1 atom stereocenters. The molecule has 22 heavy (non-hydrogen) atoms. The zero-order valence-corrected chi connectivity index (χ0v) is 13.8. The molecule has 5 nitrogen and oxygen atoms in total. The summed E-state index contributed by atoms with van der Waals surface area (Å²) in [6.07, 6.45) is 3.29. The van der Waals surface area contributed by atoms with Gasteiger partial charge >= 0.3 is 6.09 Å². The minimum absolute atomic E-state index is 0.118. The van der Waals surface area contributed by atoms with Gasteiger partial charge in [-0.2, -0.15) is 0 Å². The number of rotatable bonds is 3. The molecule has 1 aromatic heterocycles. The first-order valence-electron chi connectivity index (χ1n) is 7.36. The monoisotopic (exact) mass is 301 g/mol. The second kappa shape index (κ2) is 6.22. The van der Waals surface area contributed by atoms with E-state index in [2.05, 4.69) is 10.3 Å². The van der Waals surface area contributed by atoms with Crippen molar-refractivity contribution in [3.05, 3.63) is 48.0 Å². The molecule has 118 valence electrons. The normalized spacial score (nSPS) is 12.8. The van der Waals surface area contributed by atoms with Crippen LogP contribution in [0.1, 0.15) is 45.1 Å². The molecule has 0 aliphatic heterocycles. The lowest BCUT2D eigenvalue weighted by molar-refractivity contribution is 0.0508. The number of aromatic nitrogens is 2. The number of benzene rings is 1. The van der Waals surface area contributed by atoms with Crippen LogP contribution in [0.4, 0.5) is 4.79 Å². The lowest BCUT2D eigenvalue weighted by Crippen LogP contribution is -2.34. The quantitative estimate of drug-likeness (QED) is 0.939. The molecule has 0 fully saturated rings. The van der Waals surface area contributed by atoms with Gasteiger partial charge in [0.1, 0.15) is 11.4 Å². The largest absolute Gasteiger partial charge is 0.444 e. The summed E-state index contributed by atoms with van der Waals surface area (Å²) >= 11 is 0. The zero-order chi connectivity index (χ0) is 16.3. The van der Waals surface area contributed by atoms with Gasteiger partial charge in [0.2, 0.25) is 0 Å². The summed E-state index contributed by atoms with van der Waals surface area (Å²) in [4.78, 5) is 16.0. The molecule has 0 saturated carbocycles. The van der Waals surface area contributed by atoms with E-state index in [9.17, 15) is 4.79 Å². The van der Waals surface area contributed by atoms with Crippen LogP contribution in [0.25, 0.3) is 5.69 Å². The molecule has 1 aromatic carbocycles. The number of hydrogen-bond acceptors (Lipinski definition) is 3. The van der Waals surface area contributed by atoms with Gasteiger partial charge in [-0.25, -0.2) is 9.78 Å². The molecule has 2 rings (SSSR count). The number of imidazole rings is 1. The standard InChI is InChI=1S/C17H23N3O2/c1-12(19-16(21)22-17(3,4)5)14-6-8-15(9-7-14)20-11-10-18-13(20)2/h6-12H,1-5H3,(H,19,21). The van der Waals surface area contributed by atoms with E-state index in [0.717, 1.165) is 17.1 Å². The van der Waals surface area contributed by atoms with Crippen LogP contribution in [0.15, 0.2) is 36.7 Å². The first kappa shape index (κ1) is 16.1. The molecule has 1 amide bonds. The van der Waals surface area contributed by atoms with Crippen molar-refractivity contribution in [1.82, 2.24) is 14.9 Å². The SMILES string of the molecule is Cc1nccn1-c1ccc(C(C)NC(=O)OC(C)(C)C)cc1. The summed E-state index contributed by atoms with van der Waals surface area (Å²) in [5, 5.41) is 2.84. The second-order valence-electron chi connectivity index (χ2n) is 6.30. The fraction of sp³-hybridized carbons (Fsp3) is 0.412. The fourth-order valence-corrected chi connectivity index (χ4v) is 2.14. The Morgan fingerprint density at radius 2 is 1.91 bits per heavy atom. The number of nitrogens with one attached hydrogen (secondary N) is 1. The van der Waals surface area contributed by atoms with Gasteiger partial charge < -0.3 is 14.6 Å². The van der Waals surface area contributed by atoms with Gasteiger partial charge in [-0.3, -0.25) is 0 Å². The summed E-state index contributed by atoms with van der Waals surface area (Å²) in [7, 11) is 0. The summed E-state index contributed by atoms with van der Waals surface area (Å²) in [6, 6.07) is 7.90. The van der Waals surface area contributed by atoms with Crippen molar-refractivity contribution < 1.29 is 9.53 Å². The van der Waals surface area contributed by atoms with Gasteiger partial charge in [0.25, 0.3) is 0 Å². The van der Waals surface area contributed by atoms with Crippen molar-refractivity contribution in [3.63, 3.8) is 0 Å². The molecule has 1 unspecified atom stereocenters. The maximum absolute atomic E-state index is 11.8. The Bertz CT molecular complexity index is 639. The Morgan fingerprint density at radius 1 is 1.27 bits per heavy atom. The Kier molecular flexibility index (Phi) is 4.54. The second-order valence-corrected chi connectivity index (χ2v) is 6.30. The Morgan fingerprint density at radius 3 is 2.41 bits per heavy atom. The molecule has 1 N–H and O–H groups in total. The Labute approximate surface area is 131 Å². The first-order chi connectivity index (χ1) is 10.3. The van der Waals surface area contributed by atoms with E-state index in [1.807, 2.05) is 69.6 Å². The third kappa shape index (κ3) is 4.10. The van der Waals surface area contributed by atoms with Crippen LogP contribution in [0, 0.1) is 6.92 Å². The number of carbonyl (C=O) groups excluding carboxylic acids is 1. The number of alkyl carbamates (subject to hydrolysis) is 1. The first-order valence-corrected chi connectivity index (χ1v) is 7.36. The fourth-order valence-electron chi connectivity index (χ4n) is 2.14. The molecule has 0 aliphatic carbocycles. The van der Waals surface area contributed by atoms with Crippen LogP contribution in [-0.2, 0) is 4.74 Å². The van der Waals surface area contributed by atoms with E-state index < -0.39 is 11.7 Å². The maximum atomic E-state index is 11.8. The van der Waals surface area contributed by atoms with Crippen LogP contribution in [0.3, 0.4) is 0 Å². The maximum Gasteiger partial charge on any atom is 0.408 e. The number of hydrogen-bond donors (Lipinski definition) is 1. The average molecular weight is 301 g/mol. The van der Waals surface area contributed by atoms with E-state index in [-0.39, 0.29) is 6.04 Å². The number of ether oxygens (including phenoxy) is 1. The van der Waals surface area contributed by atoms with Gasteiger partial charge in [0, 0.05) is 18.1 Å². The van der Waals surface area contributed by atoms with Gasteiger partial charge in [-0.05, 0) is 52.3 Å². The molecule has 0 saturated heterocycles. The molecular formula is C17H23N3O2. The van der Waals surface area contributed by atoms with Gasteiger partial charge in [-0.1, -0.05) is 12.1 Å². The van der Waals surface area contributed by atoms with Crippen LogP contribution >= 0.6 is 0 Å². The van der Waals surface area contributed by atoms with Crippen molar-refractivity contribution in [1.29, 1.82) is 0 Å². The van der Waals surface area contributed by atoms with Gasteiger partial charge in [0.05, 0.1) is 6.04 Å². The smallest absolute Gasteiger partial charge is 0.408 e.